The van der Waals surface area contributed by atoms with Crippen LogP contribution in [0.4, 0.5) is 0 Å². The van der Waals surface area contributed by atoms with Gasteiger partial charge in [-0.2, -0.15) is 0 Å². The summed E-state index contributed by atoms with van der Waals surface area (Å²) in [5, 5.41) is 3.61. The van der Waals surface area contributed by atoms with Crippen molar-refractivity contribution in [2.24, 2.45) is 23.7 Å². The minimum Gasteiger partial charge on any atom is -0.380 e. The number of ether oxygens (including phenoxy) is 1. The molecule has 1 rings (SSSR count). The summed E-state index contributed by atoms with van der Waals surface area (Å²) >= 11 is 0. The lowest BCUT2D eigenvalue weighted by atomic mass is 9.72. The molecule has 1 aliphatic heterocycles. The normalized spacial score (nSPS) is 34.6. The highest BCUT2D eigenvalue weighted by Gasteiger charge is 2.38. The molecule has 0 saturated carbocycles. The van der Waals surface area contributed by atoms with Gasteiger partial charge in [0.2, 0.25) is 0 Å². The Morgan fingerprint density at radius 1 is 1.24 bits per heavy atom. The summed E-state index contributed by atoms with van der Waals surface area (Å²) in [7, 11) is 1.87. The van der Waals surface area contributed by atoms with E-state index in [0.29, 0.717) is 12.1 Å². The van der Waals surface area contributed by atoms with Gasteiger partial charge in [-0.05, 0) is 43.6 Å². The molecule has 0 aromatic heterocycles. The van der Waals surface area contributed by atoms with Gasteiger partial charge in [0, 0.05) is 13.2 Å². The zero-order valence-electron chi connectivity index (χ0n) is 12.5. The fourth-order valence-corrected chi connectivity index (χ4v) is 3.22. The van der Waals surface area contributed by atoms with Crippen LogP contribution in [0.5, 0.6) is 0 Å². The number of piperidine rings is 1. The number of rotatable bonds is 5. The van der Waals surface area contributed by atoms with Gasteiger partial charge < -0.3 is 10.1 Å². The van der Waals surface area contributed by atoms with E-state index in [1.807, 2.05) is 7.11 Å². The predicted molar refractivity (Wildman–Crippen MR) is 74.2 cm³/mol. The summed E-state index contributed by atoms with van der Waals surface area (Å²) in [6.45, 7) is 12.7. The first-order chi connectivity index (χ1) is 7.97. The van der Waals surface area contributed by atoms with E-state index in [1.165, 1.54) is 12.8 Å². The van der Waals surface area contributed by atoms with E-state index in [4.69, 9.17) is 4.74 Å². The van der Waals surface area contributed by atoms with Crippen molar-refractivity contribution in [1.82, 2.24) is 5.32 Å². The van der Waals surface area contributed by atoms with E-state index in [2.05, 4.69) is 39.9 Å². The molecule has 1 fully saturated rings. The summed E-state index contributed by atoms with van der Waals surface area (Å²) in [6.07, 6.45) is 3.01. The molecule has 1 aliphatic rings. The first kappa shape index (κ1) is 15.0. The van der Waals surface area contributed by atoms with Gasteiger partial charge in [0.15, 0.2) is 0 Å². The van der Waals surface area contributed by atoms with Crippen LogP contribution in [0.1, 0.15) is 47.5 Å². The number of methoxy groups -OCH3 is 1. The maximum Gasteiger partial charge on any atom is 0.0752 e. The van der Waals surface area contributed by atoms with Crippen LogP contribution in [0, 0.1) is 23.7 Å². The highest BCUT2D eigenvalue weighted by molar-refractivity contribution is 4.91. The van der Waals surface area contributed by atoms with Crippen molar-refractivity contribution in [2.75, 3.05) is 13.7 Å². The molecule has 0 aliphatic carbocycles. The van der Waals surface area contributed by atoms with E-state index in [1.54, 1.807) is 0 Å². The van der Waals surface area contributed by atoms with Crippen molar-refractivity contribution in [1.29, 1.82) is 0 Å². The van der Waals surface area contributed by atoms with Crippen molar-refractivity contribution >= 4 is 0 Å². The van der Waals surface area contributed by atoms with Crippen LogP contribution < -0.4 is 5.32 Å². The molecule has 4 atom stereocenters. The highest BCUT2D eigenvalue weighted by atomic mass is 16.5. The molecule has 0 bridgehead atoms. The fraction of sp³-hybridized carbons (Fsp3) is 1.00. The molecule has 17 heavy (non-hydrogen) atoms. The maximum absolute atomic E-state index is 5.77. The number of hydrogen-bond donors (Lipinski definition) is 1. The zero-order chi connectivity index (χ0) is 13.0. The molecule has 1 saturated heterocycles. The van der Waals surface area contributed by atoms with Crippen LogP contribution in [-0.2, 0) is 4.74 Å². The Morgan fingerprint density at radius 2 is 1.88 bits per heavy atom. The Morgan fingerprint density at radius 3 is 2.35 bits per heavy atom. The van der Waals surface area contributed by atoms with Crippen LogP contribution in [0.25, 0.3) is 0 Å². The third kappa shape index (κ3) is 3.96. The van der Waals surface area contributed by atoms with Gasteiger partial charge >= 0.3 is 0 Å². The van der Waals surface area contributed by atoms with E-state index < -0.39 is 0 Å². The Balaban J connectivity index is 2.70. The van der Waals surface area contributed by atoms with Gasteiger partial charge in [-0.15, -0.1) is 0 Å². The minimum atomic E-state index is 0.384. The maximum atomic E-state index is 5.77. The number of hydrogen-bond acceptors (Lipinski definition) is 2. The topological polar surface area (TPSA) is 21.3 Å². The lowest BCUT2D eigenvalue weighted by Gasteiger charge is -2.44. The Labute approximate surface area is 108 Å². The second-order valence-corrected chi connectivity index (χ2v) is 6.44. The Kier molecular flexibility index (Phi) is 5.94. The molecule has 1 N–H and O–H groups in total. The molecule has 0 spiro atoms. The van der Waals surface area contributed by atoms with Crippen LogP contribution in [-0.4, -0.2) is 25.8 Å². The zero-order valence-corrected chi connectivity index (χ0v) is 12.5. The Hall–Kier alpha value is -0.0800. The van der Waals surface area contributed by atoms with Crippen molar-refractivity contribution in [3.8, 4) is 0 Å². The summed E-state index contributed by atoms with van der Waals surface area (Å²) in [5.41, 5.74) is 0. The average Bonchev–Trinajstić information content (AvgIpc) is 2.25. The van der Waals surface area contributed by atoms with Gasteiger partial charge in [0.1, 0.15) is 0 Å². The standard InChI is InChI=1S/C15H31NO/c1-10(2)7-8-13-14(11(3)4)9-16-12(5)15(13)17-6/h10-16H,7-9H2,1-6H3. The van der Waals surface area contributed by atoms with Gasteiger partial charge in [-0.3, -0.25) is 0 Å². The molecule has 2 heteroatoms. The lowest BCUT2D eigenvalue weighted by molar-refractivity contribution is -0.0356. The number of nitrogens with one attached hydrogen (secondary N) is 1. The van der Waals surface area contributed by atoms with Gasteiger partial charge in [-0.1, -0.05) is 34.1 Å². The second kappa shape index (κ2) is 6.75. The fourth-order valence-electron chi connectivity index (χ4n) is 3.22. The molecular formula is C15H31NO. The van der Waals surface area contributed by atoms with Crippen LogP contribution >= 0.6 is 0 Å². The van der Waals surface area contributed by atoms with E-state index in [9.17, 15) is 0 Å². The monoisotopic (exact) mass is 241 g/mol. The molecule has 0 aromatic carbocycles. The summed E-state index contributed by atoms with van der Waals surface area (Å²) in [6, 6.07) is 0.493. The molecular weight excluding hydrogens is 210 g/mol. The smallest absolute Gasteiger partial charge is 0.0752 e. The molecule has 2 nitrogen and oxygen atoms in total. The summed E-state index contributed by atoms with van der Waals surface area (Å²) in [4.78, 5) is 0. The van der Waals surface area contributed by atoms with Gasteiger partial charge in [-0.25, -0.2) is 0 Å². The molecule has 4 unspecified atom stereocenters. The second-order valence-electron chi connectivity index (χ2n) is 6.44. The van der Waals surface area contributed by atoms with Gasteiger partial charge in [0.05, 0.1) is 6.10 Å². The SMILES string of the molecule is COC1C(C)NCC(C(C)C)C1CCC(C)C. The molecule has 0 aromatic rings. The van der Waals surface area contributed by atoms with Crippen molar-refractivity contribution < 1.29 is 4.74 Å². The summed E-state index contributed by atoms with van der Waals surface area (Å²) < 4.78 is 5.77. The van der Waals surface area contributed by atoms with E-state index in [0.717, 1.165) is 30.2 Å². The summed E-state index contributed by atoms with van der Waals surface area (Å²) in [5.74, 6) is 3.02. The van der Waals surface area contributed by atoms with Crippen LogP contribution in [0.15, 0.2) is 0 Å². The average molecular weight is 241 g/mol. The van der Waals surface area contributed by atoms with Crippen molar-refractivity contribution in [2.45, 2.75) is 59.6 Å². The van der Waals surface area contributed by atoms with Crippen molar-refractivity contribution in [3.05, 3.63) is 0 Å². The highest BCUT2D eigenvalue weighted by Crippen LogP contribution is 2.34. The van der Waals surface area contributed by atoms with Crippen LogP contribution in [0.3, 0.4) is 0 Å². The lowest BCUT2D eigenvalue weighted by Crippen LogP contribution is -2.54. The largest absolute Gasteiger partial charge is 0.380 e. The first-order valence-corrected chi connectivity index (χ1v) is 7.23. The minimum absolute atomic E-state index is 0.384. The first-order valence-electron chi connectivity index (χ1n) is 7.23. The predicted octanol–water partition coefficient (Wildman–Crippen LogP) is 3.32. The Bertz CT molecular complexity index is 213. The third-order valence-electron chi connectivity index (χ3n) is 4.35. The molecule has 0 amide bonds. The quantitative estimate of drug-likeness (QED) is 0.797. The third-order valence-corrected chi connectivity index (χ3v) is 4.35. The van der Waals surface area contributed by atoms with Gasteiger partial charge in [0.25, 0.3) is 0 Å². The van der Waals surface area contributed by atoms with E-state index in [-0.39, 0.29) is 0 Å². The molecule has 0 radical (unpaired) electrons. The van der Waals surface area contributed by atoms with Crippen molar-refractivity contribution in [3.63, 3.8) is 0 Å². The molecule has 1 heterocycles. The van der Waals surface area contributed by atoms with E-state index >= 15 is 0 Å². The molecule has 102 valence electrons. The van der Waals surface area contributed by atoms with Crippen LogP contribution in [0.2, 0.25) is 0 Å².